The molecule has 3 aromatic heterocycles. The van der Waals surface area contributed by atoms with E-state index in [0.29, 0.717) is 12.2 Å². The van der Waals surface area contributed by atoms with Crippen molar-refractivity contribution in [3.8, 4) is 10.4 Å². The van der Waals surface area contributed by atoms with Crippen molar-refractivity contribution in [3.63, 3.8) is 0 Å². The molecular weight excluding hydrogens is 388 g/mol. The first-order valence-corrected chi connectivity index (χ1v) is 10.1. The molecule has 1 aromatic carbocycles. The third-order valence-electron chi connectivity index (χ3n) is 5.03. The predicted octanol–water partition coefficient (Wildman–Crippen LogP) is 5.83. The molecule has 0 spiro atoms. The van der Waals surface area contributed by atoms with Crippen molar-refractivity contribution in [2.75, 3.05) is 6.61 Å². The molecule has 0 N–H and O–H groups in total. The quantitative estimate of drug-likeness (QED) is 0.242. The molecule has 4 rings (SSSR count). The minimum absolute atomic E-state index is 0.0558. The molecule has 0 amide bonds. The van der Waals surface area contributed by atoms with Gasteiger partial charge in [-0.15, -0.1) is 11.3 Å². The van der Waals surface area contributed by atoms with Gasteiger partial charge in [0, 0.05) is 23.2 Å². The first-order valence-electron chi connectivity index (χ1n) is 9.29. The van der Waals surface area contributed by atoms with Gasteiger partial charge in [0.1, 0.15) is 5.56 Å². The minimum atomic E-state index is -0.407. The second kappa shape index (κ2) is 7.00. The lowest BCUT2D eigenvalue weighted by atomic mass is 10.1. The number of nitro groups is 1. The third-order valence-corrected chi connectivity index (χ3v) is 6.38. The molecular formula is C22H20N2O4S. The molecule has 0 aliphatic heterocycles. The van der Waals surface area contributed by atoms with E-state index < -0.39 is 4.92 Å². The molecule has 0 aliphatic rings. The second-order valence-corrected chi connectivity index (χ2v) is 8.07. The molecule has 0 bridgehead atoms. The van der Waals surface area contributed by atoms with Crippen molar-refractivity contribution in [2.24, 2.45) is 0 Å². The first-order chi connectivity index (χ1) is 13.8. The maximum absolute atomic E-state index is 12.8. The lowest BCUT2D eigenvalue weighted by Crippen LogP contribution is -2.05. The average molecular weight is 408 g/mol. The lowest BCUT2D eigenvalue weighted by Gasteiger charge is -2.07. The molecule has 0 saturated heterocycles. The van der Waals surface area contributed by atoms with Gasteiger partial charge in [0.15, 0.2) is 0 Å². The number of benzene rings is 1. The number of nitrogens with zero attached hydrogens (tertiary/aromatic N) is 2. The third kappa shape index (κ3) is 2.98. The summed E-state index contributed by atoms with van der Waals surface area (Å²) >= 11 is 1.52. The van der Waals surface area contributed by atoms with Crippen LogP contribution in [0.25, 0.3) is 26.2 Å². The van der Waals surface area contributed by atoms with Crippen LogP contribution in [0.2, 0.25) is 0 Å². The van der Waals surface area contributed by atoms with Crippen molar-refractivity contribution in [2.45, 2.75) is 27.7 Å². The summed E-state index contributed by atoms with van der Waals surface area (Å²) in [6.45, 7) is 8.16. The van der Waals surface area contributed by atoms with Crippen LogP contribution in [0.4, 0.5) is 5.69 Å². The summed E-state index contributed by atoms with van der Waals surface area (Å²) in [7, 11) is 0. The van der Waals surface area contributed by atoms with E-state index in [0.717, 1.165) is 42.9 Å². The van der Waals surface area contributed by atoms with Crippen LogP contribution in [0.1, 0.15) is 34.0 Å². The monoisotopic (exact) mass is 408 g/mol. The highest BCUT2D eigenvalue weighted by Gasteiger charge is 2.26. The fraction of sp³-hybridized carbons (Fsp3) is 0.227. The Morgan fingerprint density at radius 3 is 2.48 bits per heavy atom. The molecule has 0 aliphatic carbocycles. The van der Waals surface area contributed by atoms with Gasteiger partial charge < -0.3 is 9.14 Å². The van der Waals surface area contributed by atoms with Crippen LogP contribution < -0.4 is 0 Å². The molecule has 7 heteroatoms. The Kier molecular flexibility index (Phi) is 4.62. The SMILES string of the molecule is CCOC(=O)c1c2sc(-c3ccc([N+](=O)[O-])cc3)c(C)c2n2cc(C)cc(C)c12. The van der Waals surface area contributed by atoms with E-state index in [1.807, 2.05) is 27.0 Å². The van der Waals surface area contributed by atoms with Crippen LogP contribution >= 0.6 is 11.3 Å². The van der Waals surface area contributed by atoms with Gasteiger partial charge in [-0.05, 0) is 62.1 Å². The predicted molar refractivity (Wildman–Crippen MR) is 115 cm³/mol. The highest BCUT2D eigenvalue weighted by atomic mass is 32.1. The fourth-order valence-electron chi connectivity index (χ4n) is 3.87. The van der Waals surface area contributed by atoms with Gasteiger partial charge in [0.05, 0.1) is 27.3 Å². The van der Waals surface area contributed by atoms with Gasteiger partial charge >= 0.3 is 5.97 Å². The van der Waals surface area contributed by atoms with E-state index in [1.165, 1.54) is 23.5 Å². The van der Waals surface area contributed by atoms with Crippen LogP contribution in [-0.4, -0.2) is 21.9 Å². The molecule has 3 heterocycles. The Hall–Kier alpha value is -3.19. The van der Waals surface area contributed by atoms with Gasteiger partial charge in [0.2, 0.25) is 0 Å². The average Bonchev–Trinajstić information content (AvgIpc) is 3.17. The molecule has 0 radical (unpaired) electrons. The summed E-state index contributed by atoms with van der Waals surface area (Å²) in [4.78, 5) is 24.4. The van der Waals surface area contributed by atoms with E-state index in [1.54, 1.807) is 19.1 Å². The first kappa shape index (κ1) is 19.1. The molecule has 6 nitrogen and oxygen atoms in total. The zero-order valence-corrected chi connectivity index (χ0v) is 17.4. The van der Waals surface area contributed by atoms with Crippen molar-refractivity contribution in [1.29, 1.82) is 0 Å². The number of hydrogen-bond donors (Lipinski definition) is 0. The van der Waals surface area contributed by atoms with Crippen molar-refractivity contribution in [1.82, 2.24) is 4.40 Å². The van der Waals surface area contributed by atoms with Crippen molar-refractivity contribution < 1.29 is 14.5 Å². The Morgan fingerprint density at radius 1 is 1.17 bits per heavy atom. The topological polar surface area (TPSA) is 73.8 Å². The van der Waals surface area contributed by atoms with Crippen molar-refractivity contribution in [3.05, 3.63) is 68.9 Å². The van der Waals surface area contributed by atoms with E-state index in [4.69, 9.17) is 4.74 Å². The van der Waals surface area contributed by atoms with Crippen LogP contribution in [0, 0.1) is 30.9 Å². The van der Waals surface area contributed by atoms with E-state index in [9.17, 15) is 14.9 Å². The molecule has 148 valence electrons. The standard InChI is InChI=1S/C22H20N2O4S/c1-5-28-22(25)17-18-13(3)10-12(2)11-23(18)19-14(4)20(29-21(17)19)15-6-8-16(9-7-15)24(26)27/h6-11H,5H2,1-4H3. The van der Waals surface area contributed by atoms with Gasteiger partial charge in [-0.3, -0.25) is 10.1 Å². The molecule has 4 aromatic rings. The van der Waals surface area contributed by atoms with Crippen LogP contribution in [0.5, 0.6) is 0 Å². The Bertz CT molecular complexity index is 1280. The zero-order valence-electron chi connectivity index (χ0n) is 16.6. The van der Waals surface area contributed by atoms with Gasteiger partial charge in [-0.2, -0.15) is 0 Å². The Labute approximate surface area is 171 Å². The van der Waals surface area contributed by atoms with Crippen molar-refractivity contribution >= 4 is 38.7 Å². The maximum Gasteiger partial charge on any atom is 0.341 e. The summed E-state index contributed by atoms with van der Waals surface area (Å²) in [5.41, 5.74) is 6.54. The highest BCUT2D eigenvalue weighted by molar-refractivity contribution is 7.23. The molecule has 0 unspecified atom stereocenters. The van der Waals surface area contributed by atoms with E-state index in [2.05, 4.69) is 10.5 Å². The molecule has 0 atom stereocenters. The molecule has 0 fully saturated rings. The zero-order chi connectivity index (χ0) is 20.9. The number of pyridine rings is 1. The normalized spacial score (nSPS) is 11.3. The number of carbonyl (C=O) groups is 1. The largest absolute Gasteiger partial charge is 0.462 e. The maximum atomic E-state index is 12.8. The summed E-state index contributed by atoms with van der Waals surface area (Å²) in [5.74, 6) is -0.330. The summed E-state index contributed by atoms with van der Waals surface area (Å²) in [6, 6.07) is 8.58. The number of thiophene rings is 1. The van der Waals surface area contributed by atoms with Crippen LogP contribution in [0.15, 0.2) is 36.5 Å². The van der Waals surface area contributed by atoms with Crippen LogP contribution in [0.3, 0.4) is 0 Å². The number of fused-ring (bicyclic) bond motifs is 3. The Balaban J connectivity index is 2.03. The second-order valence-electron chi connectivity index (χ2n) is 7.05. The van der Waals surface area contributed by atoms with Gasteiger partial charge in [-0.25, -0.2) is 4.79 Å². The summed E-state index contributed by atoms with van der Waals surface area (Å²) in [6.07, 6.45) is 2.03. The van der Waals surface area contributed by atoms with Gasteiger partial charge in [-0.1, -0.05) is 6.07 Å². The number of nitro benzene ring substituents is 1. The summed E-state index contributed by atoms with van der Waals surface area (Å²) < 4.78 is 8.32. The number of hydrogen-bond acceptors (Lipinski definition) is 5. The number of rotatable bonds is 4. The molecule has 0 saturated carbocycles. The number of non-ortho nitro benzene ring substituents is 1. The summed E-state index contributed by atoms with van der Waals surface area (Å²) in [5, 5.41) is 11.0. The lowest BCUT2D eigenvalue weighted by molar-refractivity contribution is -0.384. The number of carbonyl (C=O) groups excluding carboxylic acids is 1. The Morgan fingerprint density at radius 2 is 1.86 bits per heavy atom. The smallest absolute Gasteiger partial charge is 0.341 e. The number of esters is 1. The molecule has 29 heavy (non-hydrogen) atoms. The van der Waals surface area contributed by atoms with E-state index in [-0.39, 0.29) is 11.7 Å². The number of ether oxygens (including phenoxy) is 1. The van der Waals surface area contributed by atoms with Gasteiger partial charge in [0.25, 0.3) is 5.69 Å². The number of aromatic nitrogens is 1. The van der Waals surface area contributed by atoms with E-state index >= 15 is 0 Å². The fourth-order valence-corrected chi connectivity index (χ4v) is 5.21. The number of aryl methyl sites for hydroxylation is 3. The van der Waals surface area contributed by atoms with Crippen LogP contribution in [-0.2, 0) is 4.74 Å². The minimum Gasteiger partial charge on any atom is -0.462 e. The highest BCUT2D eigenvalue weighted by Crippen LogP contribution is 2.43.